The van der Waals surface area contributed by atoms with Gasteiger partial charge in [0.1, 0.15) is 5.82 Å². The lowest BCUT2D eigenvalue weighted by atomic mass is 10.0. The van der Waals surface area contributed by atoms with Gasteiger partial charge in [0.05, 0.1) is 5.39 Å². The number of fused-ring (bicyclic) bond motifs is 1. The number of nitrogens with one attached hydrogen (secondary N) is 1. The van der Waals surface area contributed by atoms with Crippen LogP contribution in [0.4, 0.5) is 11.5 Å². The summed E-state index contributed by atoms with van der Waals surface area (Å²) >= 11 is 0. The maximum absolute atomic E-state index is 12.0. The highest BCUT2D eigenvalue weighted by atomic mass is 16.5. The summed E-state index contributed by atoms with van der Waals surface area (Å²) in [5.74, 6) is 0.570. The van der Waals surface area contributed by atoms with Crippen molar-refractivity contribution in [3.8, 4) is 11.1 Å². The van der Waals surface area contributed by atoms with Crippen molar-refractivity contribution in [2.45, 2.75) is 25.8 Å². The van der Waals surface area contributed by atoms with Crippen LogP contribution in [0.1, 0.15) is 24.8 Å². The van der Waals surface area contributed by atoms with E-state index in [1.165, 1.54) is 6.20 Å². The number of piperidine rings is 1. The molecular formula is C25H23N5O3. The van der Waals surface area contributed by atoms with Crippen LogP contribution < -0.4 is 11.0 Å². The van der Waals surface area contributed by atoms with Crippen LogP contribution in [0.3, 0.4) is 0 Å². The first-order chi connectivity index (χ1) is 16.1. The van der Waals surface area contributed by atoms with E-state index in [1.54, 1.807) is 12.1 Å². The second-order valence-corrected chi connectivity index (χ2v) is 8.10. The summed E-state index contributed by atoms with van der Waals surface area (Å²) in [7, 11) is 0. The Morgan fingerprint density at radius 3 is 2.39 bits per heavy atom. The molecule has 0 saturated carbocycles. The lowest BCUT2D eigenvalue weighted by Crippen LogP contribution is -2.34. The Bertz CT molecular complexity index is 1360. The molecular weight excluding hydrogens is 418 g/mol. The molecule has 1 aliphatic rings. The molecule has 0 atom stereocenters. The lowest BCUT2D eigenvalue weighted by Gasteiger charge is -2.26. The highest BCUT2D eigenvalue weighted by molar-refractivity contribution is 5.88. The summed E-state index contributed by atoms with van der Waals surface area (Å²) in [6.07, 6.45) is 4.22. The molecule has 0 radical (unpaired) electrons. The number of anilines is 2. The van der Waals surface area contributed by atoms with Crippen molar-refractivity contribution in [1.29, 1.82) is 0 Å². The molecule has 33 heavy (non-hydrogen) atoms. The van der Waals surface area contributed by atoms with Gasteiger partial charge in [-0.15, -0.1) is 4.73 Å². The first kappa shape index (κ1) is 20.7. The Balaban J connectivity index is 1.32. The van der Waals surface area contributed by atoms with Crippen molar-refractivity contribution in [1.82, 2.24) is 19.6 Å². The van der Waals surface area contributed by atoms with Crippen molar-refractivity contribution in [2.24, 2.45) is 0 Å². The topological polar surface area (TPSA) is 100 Å². The Hall–Kier alpha value is -4.20. The van der Waals surface area contributed by atoms with Crippen molar-refractivity contribution >= 4 is 28.4 Å². The third-order valence-corrected chi connectivity index (χ3v) is 5.86. The number of benzene rings is 2. The van der Waals surface area contributed by atoms with Crippen molar-refractivity contribution < 1.29 is 10.0 Å². The van der Waals surface area contributed by atoms with E-state index < -0.39 is 5.69 Å². The maximum atomic E-state index is 12.0. The fourth-order valence-corrected chi connectivity index (χ4v) is 4.07. The molecule has 0 spiro atoms. The predicted molar refractivity (Wildman–Crippen MR) is 125 cm³/mol. The minimum atomic E-state index is -0.799. The summed E-state index contributed by atoms with van der Waals surface area (Å²) in [6, 6.07) is 19.5. The van der Waals surface area contributed by atoms with Crippen molar-refractivity contribution in [3.05, 3.63) is 82.9 Å². The zero-order chi connectivity index (χ0) is 22.8. The Kier molecular flexibility index (Phi) is 5.48. The SMILES string of the molecule is O=C1CCCCN1Cc1ccc(-c2ccc(Nc3nc(=O)n(O)c4ncccc34)cc2)cc1. The summed E-state index contributed by atoms with van der Waals surface area (Å²) in [4.78, 5) is 33.9. The molecule has 4 aromatic rings. The van der Waals surface area contributed by atoms with E-state index in [9.17, 15) is 14.8 Å². The molecule has 2 N–H and O–H groups in total. The molecule has 0 aliphatic carbocycles. The molecule has 1 aliphatic heterocycles. The number of nitrogens with zero attached hydrogens (tertiary/aromatic N) is 4. The van der Waals surface area contributed by atoms with Crippen LogP contribution in [0.2, 0.25) is 0 Å². The van der Waals surface area contributed by atoms with E-state index in [2.05, 4.69) is 39.6 Å². The fraction of sp³-hybridized carbons (Fsp3) is 0.200. The number of aromatic nitrogens is 3. The van der Waals surface area contributed by atoms with Crippen molar-refractivity contribution in [2.75, 3.05) is 11.9 Å². The van der Waals surface area contributed by atoms with Gasteiger partial charge in [0.15, 0.2) is 5.65 Å². The number of likely N-dealkylation sites (tertiary alicyclic amines) is 1. The van der Waals surface area contributed by atoms with E-state index in [4.69, 9.17) is 0 Å². The zero-order valence-electron chi connectivity index (χ0n) is 17.9. The van der Waals surface area contributed by atoms with Crippen LogP contribution in [0, 0.1) is 0 Å². The van der Waals surface area contributed by atoms with Crippen LogP contribution in [-0.2, 0) is 11.3 Å². The number of carbonyl (C=O) groups excluding carboxylic acids is 1. The van der Waals surface area contributed by atoms with Crippen LogP contribution in [0.25, 0.3) is 22.2 Å². The molecule has 1 fully saturated rings. The van der Waals surface area contributed by atoms with Gasteiger partial charge in [0.25, 0.3) is 0 Å². The second kappa shape index (κ2) is 8.74. The highest BCUT2D eigenvalue weighted by Crippen LogP contribution is 2.26. The van der Waals surface area contributed by atoms with Gasteiger partial charge in [0, 0.05) is 31.4 Å². The van der Waals surface area contributed by atoms with Gasteiger partial charge < -0.3 is 15.4 Å². The number of hydrogen-bond donors (Lipinski definition) is 2. The van der Waals surface area contributed by atoms with E-state index in [0.29, 0.717) is 28.9 Å². The van der Waals surface area contributed by atoms with Gasteiger partial charge in [-0.3, -0.25) is 4.79 Å². The molecule has 8 heteroatoms. The monoisotopic (exact) mass is 441 g/mol. The minimum absolute atomic E-state index is 0.142. The Morgan fingerprint density at radius 1 is 0.939 bits per heavy atom. The third kappa shape index (κ3) is 4.27. The average molecular weight is 441 g/mol. The van der Waals surface area contributed by atoms with Gasteiger partial charge in [-0.1, -0.05) is 36.4 Å². The number of carbonyl (C=O) groups is 1. The normalized spacial score (nSPS) is 13.9. The molecule has 1 amide bonds. The fourth-order valence-electron chi connectivity index (χ4n) is 4.07. The maximum Gasteiger partial charge on any atom is 0.384 e. The van der Waals surface area contributed by atoms with E-state index in [0.717, 1.165) is 41.8 Å². The largest absolute Gasteiger partial charge is 0.422 e. The van der Waals surface area contributed by atoms with Crippen LogP contribution >= 0.6 is 0 Å². The molecule has 0 bridgehead atoms. The van der Waals surface area contributed by atoms with Crippen molar-refractivity contribution in [3.63, 3.8) is 0 Å². The summed E-state index contributed by atoms with van der Waals surface area (Å²) in [5, 5.41) is 13.5. The van der Waals surface area contributed by atoms with Gasteiger partial charge in [-0.25, -0.2) is 9.78 Å². The number of hydrogen-bond acceptors (Lipinski definition) is 6. The second-order valence-electron chi connectivity index (χ2n) is 8.10. The third-order valence-electron chi connectivity index (χ3n) is 5.86. The highest BCUT2D eigenvalue weighted by Gasteiger charge is 2.18. The molecule has 0 unspecified atom stereocenters. The van der Waals surface area contributed by atoms with E-state index >= 15 is 0 Å². The summed E-state index contributed by atoms with van der Waals surface area (Å²) < 4.78 is 0.439. The smallest absolute Gasteiger partial charge is 0.384 e. The van der Waals surface area contributed by atoms with Gasteiger partial charge >= 0.3 is 5.69 Å². The van der Waals surface area contributed by atoms with Gasteiger partial charge in [0.2, 0.25) is 5.91 Å². The molecule has 3 heterocycles. The first-order valence-electron chi connectivity index (χ1n) is 10.9. The Morgan fingerprint density at radius 2 is 1.67 bits per heavy atom. The molecule has 166 valence electrons. The summed E-state index contributed by atoms with van der Waals surface area (Å²) in [5.41, 5.74) is 3.34. The number of amides is 1. The average Bonchev–Trinajstić information content (AvgIpc) is 2.85. The van der Waals surface area contributed by atoms with Crippen LogP contribution in [0.15, 0.2) is 71.7 Å². The number of rotatable bonds is 5. The molecule has 2 aromatic carbocycles. The first-order valence-corrected chi connectivity index (χ1v) is 10.9. The molecule has 2 aromatic heterocycles. The minimum Gasteiger partial charge on any atom is -0.422 e. The van der Waals surface area contributed by atoms with Crippen LogP contribution in [-0.4, -0.2) is 37.3 Å². The molecule has 5 rings (SSSR count). The quantitative estimate of drug-likeness (QED) is 0.455. The zero-order valence-corrected chi connectivity index (χ0v) is 17.9. The van der Waals surface area contributed by atoms with E-state index in [-0.39, 0.29) is 11.6 Å². The standard InChI is InChI=1S/C25H23N5O3/c31-22-5-1-2-15-29(22)16-17-6-8-18(9-7-17)19-10-12-20(13-11-19)27-23-21-4-3-14-26-24(21)30(33)25(32)28-23/h3-4,6-14,33H,1-2,5,15-16H2,(H,27,28,32). The predicted octanol–water partition coefficient (Wildman–Crippen LogP) is 3.95. The number of pyridine rings is 1. The van der Waals surface area contributed by atoms with E-state index in [1.807, 2.05) is 29.2 Å². The molecule has 1 saturated heterocycles. The summed E-state index contributed by atoms with van der Waals surface area (Å²) in [6.45, 7) is 1.49. The van der Waals surface area contributed by atoms with Gasteiger partial charge in [-0.2, -0.15) is 4.98 Å². The Labute approximate surface area is 190 Å². The van der Waals surface area contributed by atoms with Gasteiger partial charge in [-0.05, 0) is 53.8 Å². The lowest BCUT2D eigenvalue weighted by molar-refractivity contribution is -0.133. The van der Waals surface area contributed by atoms with Crippen LogP contribution in [0.5, 0.6) is 0 Å². The molecule has 8 nitrogen and oxygen atoms in total.